The number of fused-ring (bicyclic) bond motifs is 20. The number of benzene rings is 13. The summed E-state index contributed by atoms with van der Waals surface area (Å²) >= 11 is 0. The number of nitrogens with zero attached hydrogens (tertiary/aromatic N) is 5. The third kappa shape index (κ3) is 5.20. The van der Waals surface area contributed by atoms with Crippen molar-refractivity contribution in [2.24, 2.45) is 0 Å². The lowest BCUT2D eigenvalue weighted by atomic mass is 9.97. The van der Waals surface area contributed by atoms with Crippen molar-refractivity contribution in [3.8, 4) is 0 Å². The first-order valence-corrected chi connectivity index (χ1v) is 27.4. The molecule has 0 bridgehead atoms. The van der Waals surface area contributed by atoms with Gasteiger partial charge in [-0.3, -0.25) is 0 Å². The molecule has 5 nitrogen and oxygen atoms in total. The maximum atomic E-state index is 2.61. The van der Waals surface area contributed by atoms with Gasteiger partial charge in [0.05, 0.1) is 72.4 Å². The first-order chi connectivity index (χ1) is 39.3. The first kappa shape index (κ1) is 41.6. The largest absolute Gasteiger partial charge is 0.308 e. The summed E-state index contributed by atoms with van der Waals surface area (Å²) in [6, 6.07) is 97.4. The van der Waals surface area contributed by atoms with Gasteiger partial charge >= 0.3 is 0 Å². The Balaban J connectivity index is 0.970. The minimum atomic E-state index is 1.11. The van der Waals surface area contributed by atoms with Gasteiger partial charge in [0.15, 0.2) is 0 Å². The highest BCUT2D eigenvalue weighted by atomic mass is 15.2. The van der Waals surface area contributed by atoms with E-state index in [0.717, 1.165) is 22.7 Å². The molecule has 0 spiro atoms. The van der Waals surface area contributed by atoms with Crippen LogP contribution in [-0.2, 0) is 0 Å². The molecular weight excluding hydrogens is 959 g/mol. The average molecular weight is 1000 g/mol. The second kappa shape index (κ2) is 15.1. The van der Waals surface area contributed by atoms with E-state index in [1.54, 1.807) is 0 Å². The van der Waals surface area contributed by atoms with Crippen molar-refractivity contribution in [3.05, 3.63) is 261 Å². The van der Waals surface area contributed by atoms with Crippen LogP contribution in [0.4, 0.5) is 34.1 Å². The van der Waals surface area contributed by atoms with Crippen molar-refractivity contribution in [2.75, 3.05) is 9.80 Å². The van der Waals surface area contributed by atoms with E-state index >= 15 is 0 Å². The minimum absolute atomic E-state index is 1.11. The van der Waals surface area contributed by atoms with E-state index in [4.69, 9.17) is 0 Å². The van der Waals surface area contributed by atoms with Crippen LogP contribution in [0.5, 0.6) is 0 Å². The van der Waals surface area contributed by atoms with Crippen LogP contribution in [0.1, 0.15) is 0 Å². The lowest BCUT2D eigenvalue weighted by molar-refractivity contribution is 1.32. The molecule has 0 amide bonds. The smallest absolute Gasteiger partial charge is 0.0641 e. The first-order valence-electron chi connectivity index (χ1n) is 27.4. The third-order valence-corrected chi connectivity index (χ3v) is 17.7. The quantitative estimate of drug-likeness (QED) is 0.165. The fraction of sp³-hybridized carbons (Fsp3) is 0. The molecule has 13 aromatic carbocycles. The molecule has 0 atom stereocenters. The Morgan fingerprint density at radius 2 is 0.557 bits per heavy atom. The number of anilines is 6. The van der Waals surface area contributed by atoms with Gasteiger partial charge in [0.25, 0.3) is 0 Å². The Bertz CT molecular complexity index is 5400. The van der Waals surface area contributed by atoms with E-state index in [1.807, 2.05) is 0 Å². The SMILES string of the molecule is c1ccc(N(c2c3ccccc3cc3c2c2cccc4c5c(N(c6ccccc6)c6ccc7c8ccccc8n8c9ccccc9c6c78)c6ccccc6cc5n3c24)c2ccc3c4ccccc4n4c5ccccc5c2c34)cc1. The summed E-state index contributed by atoms with van der Waals surface area (Å²) < 4.78 is 7.61. The van der Waals surface area contributed by atoms with E-state index in [0.29, 0.717) is 0 Å². The Labute approximate surface area is 451 Å². The Morgan fingerprint density at radius 3 is 1.00 bits per heavy atom. The summed E-state index contributed by atoms with van der Waals surface area (Å²) in [5, 5.41) is 19.7. The normalized spacial score (nSPS) is 12.6. The van der Waals surface area contributed by atoms with Crippen molar-refractivity contribution in [3.63, 3.8) is 0 Å². The van der Waals surface area contributed by atoms with Crippen molar-refractivity contribution >= 4 is 170 Å². The van der Waals surface area contributed by atoms with Crippen LogP contribution in [0.2, 0.25) is 0 Å². The monoisotopic (exact) mass is 1000 g/mol. The van der Waals surface area contributed by atoms with Crippen molar-refractivity contribution in [1.29, 1.82) is 0 Å². The third-order valence-electron chi connectivity index (χ3n) is 17.7. The van der Waals surface area contributed by atoms with Crippen molar-refractivity contribution in [2.45, 2.75) is 0 Å². The molecule has 6 heterocycles. The number of para-hydroxylation sites is 7. The molecule has 0 fully saturated rings. The van der Waals surface area contributed by atoms with Crippen molar-refractivity contribution in [1.82, 2.24) is 13.2 Å². The molecule has 0 aliphatic heterocycles. The second-order valence-electron chi connectivity index (χ2n) is 21.5. The highest BCUT2D eigenvalue weighted by Crippen LogP contribution is 2.56. The van der Waals surface area contributed by atoms with Crippen LogP contribution in [-0.4, -0.2) is 13.2 Å². The molecule has 0 saturated heterocycles. The lowest BCUT2D eigenvalue weighted by Crippen LogP contribution is -2.12. The molecule has 19 aromatic rings. The van der Waals surface area contributed by atoms with E-state index in [1.165, 1.54) is 147 Å². The summed E-state index contributed by atoms with van der Waals surface area (Å²) in [6.07, 6.45) is 0. The van der Waals surface area contributed by atoms with Crippen LogP contribution in [0.15, 0.2) is 261 Å². The van der Waals surface area contributed by atoms with Crippen LogP contribution in [0, 0.1) is 0 Å². The minimum Gasteiger partial charge on any atom is -0.308 e. The molecule has 364 valence electrons. The fourth-order valence-corrected chi connectivity index (χ4v) is 14.7. The van der Waals surface area contributed by atoms with Crippen LogP contribution < -0.4 is 9.80 Å². The number of hydrogen-bond donors (Lipinski definition) is 0. The van der Waals surface area contributed by atoms with Gasteiger partial charge in [0.2, 0.25) is 0 Å². The van der Waals surface area contributed by atoms with Gasteiger partial charge in [-0.15, -0.1) is 0 Å². The maximum absolute atomic E-state index is 2.61. The molecule has 0 aliphatic carbocycles. The van der Waals surface area contributed by atoms with Crippen LogP contribution in [0.3, 0.4) is 0 Å². The number of hydrogen-bond acceptors (Lipinski definition) is 2. The summed E-state index contributed by atoms with van der Waals surface area (Å²) in [7, 11) is 0. The van der Waals surface area contributed by atoms with Gasteiger partial charge in [-0.2, -0.15) is 0 Å². The van der Waals surface area contributed by atoms with Gasteiger partial charge in [-0.1, -0.05) is 188 Å². The summed E-state index contributed by atoms with van der Waals surface area (Å²) in [5.41, 5.74) is 17.8. The van der Waals surface area contributed by atoms with E-state index < -0.39 is 0 Å². The maximum Gasteiger partial charge on any atom is 0.0641 e. The number of rotatable bonds is 6. The van der Waals surface area contributed by atoms with Crippen LogP contribution >= 0.6 is 0 Å². The zero-order valence-electron chi connectivity index (χ0n) is 42.6. The zero-order chi connectivity index (χ0) is 51.2. The van der Waals surface area contributed by atoms with E-state index in [2.05, 4.69) is 284 Å². The van der Waals surface area contributed by atoms with E-state index in [9.17, 15) is 0 Å². The molecule has 6 aromatic heterocycles. The summed E-state index contributed by atoms with van der Waals surface area (Å²) in [6.45, 7) is 0. The standard InChI is InChI=1S/C74H43N5/c1-3-22-46(23-4-1)75(62-40-38-52-50-28-11-15-34-58(50)77-60-36-17-13-30-54(60)66(62)73(52)77)71-48-26-9-7-20-44(48)42-64-68(71)56-32-19-33-57-69-65(79(64)70(56)57)43-45-21-8-10-27-49(45)72(69)76(47-24-5-2-6-25-47)63-41-39-53-51-29-12-16-35-59(51)78-61-37-18-14-31-55(61)67(63)74(53)78/h1-43H. The van der Waals surface area contributed by atoms with Gasteiger partial charge in [0, 0.05) is 86.8 Å². The van der Waals surface area contributed by atoms with Gasteiger partial charge < -0.3 is 23.0 Å². The molecule has 0 unspecified atom stereocenters. The predicted molar refractivity (Wildman–Crippen MR) is 335 cm³/mol. The summed E-state index contributed by atoms with van der Waals surface area (Å²) in [5.74, 6) is 0. The Morgan fingerprint density at radius 1 is 0.215 bits per heavy atom. The zero-order valence-corrected chi connectivity index (χ0v) is 42.6. The lowest BCUT2D eigenvalue weighted by Gasteiger charge is -2.29. The average Bonchev–Trinajstić information content (AvgIpc) is 4.54. The topological polar surface area (TPSA) is 19.7 Å². The molecular formula is C74H43N5. The van der Waals surface area contributed by atoms with Crippen molar-refractivity contribution < 1.29 is 0 Å². The van der Waals surface area contributed by atoms with Gasteiger partial charge in [-0.05, 0) is 83.6 Å². The summed E-state index contributed by atoms with van der Waals surface area (Å²) in [4.78, 5) is 5.17. The Kier molecular flexibility index (Phi) is 7.93. The number of aromatic nitrogens is 3. The van der Waals surface area contributed by atoms with Gasteiger partial charge in [-0.25, -0.2) is 0 Å². The predicted octanol–water partition coefficient (Wildman–Crippen LogP) is 20.4. The van der Waals surface area contributed by atoms with Gasteiger partial charge in [0.1, 0.15) is 0 Å². The molecule has 19 rings (SSSR count). The highest BCUT2D eigenvalue weighted by molar-refractivity contribution is 6.36. The molecule has 0 aliphatic rings. The molecule has 0 N–H and O–H groups in total. The second-order valence-corrected chi connectivity index (χ2v) is 21.5. The highest BCUT2D eigenvalue weighted by Gasteiger charge is 2.32. The van der Waals surface area contributed by atoms with Crippen LogP contribution in [0.25, 0.3) is 136 Å². The van der Waals surface area contributed by atoms with E-state index in [-0.39, 0.29) is 0 Å². The molecule has 5 heteroatoms. The molecule has 0 radical (unpaired) electrons. The molecule has 79 heavy (non-hydrogen) atoms. The molecule has 0 saturated carbocycles. The fourth-order valence-electron chi connectivity index (χ4n) is 14.7. The Hall–Kier alpha value is -10.6.